The van der Waals surface area contributed by atoms with Crippen molar-refractivity contribution in [1.82, 2.24) is 14.9 Å². The number of rotatable bonds is 0. The molecule has 0 fully saturated rings. The number of imidazole rings is 1. The maximum atomic E-state index is 4.07. The third-order valence-corrected chi connectivity index (χ3v) is 1.86. The molecule has 1 aromatic heterocycles. The number of aromatic nitrogens is 2. The van der Waals surface area contributed by atoms with Gasteiger partial charge in [0.25, 0.3) is 0 Å². The van der Waals surface area contributed by atoms with E-state index in [0.29, 0.717) is 0 Å². The second-order valence-corrected chi connectivity index (χ2v) is 2.61. The Hall–Kier alpha value is -0.830. The van der Waals surface area contributed by atoms with Gasteiger partial charge in [-0.2, -0.15) is 0 Å². The summed E-state index contributed by atoms with van der Waals surface area (Å²) < 4.78 is 2.21. The van der Waals surface area contributed by atoms with E-state index < -0.39 is 0 Å². The van der Waals surface area contributed by atoms with E-state index >= 15 is 0 Å². The minimum atomic E-state index is 0.972. The van der Waals surface area contributed by atoms with Crippen LogP contribution in [-0.4, -0.2) is 16.1 Å². The van der Waals surface area contributed by atoms with Crippen molar-refractivity contribution >= 4 is 0 Å². The van der Waals surface area contributed by atoms with Gasteiger partial charge in [0.15, 0.2) is 0 Å². The summed E-state index contributed by atoms with van der Waals surface area (Å²) in [6.45, 7) is 3.21. The van der Waals surface area contributed by atoms with Gasteiger partial charge in [0, 0.05) is 19.3 Å². The highest BCUT2D eigenvalue weighted by Gasteiger charge is 2.04. The van der Waals surface area contributed by atoms with Crippen LogP contribution in [0.3, 0.4) is 0 Å². The number of hydrogen-bond acceptors (Lipinski definition) is 2. The van der Waals surface area contributed by atoms with Gasteiger partial charge in [-0.1, -0.05) is 0 Å². The third kappa shape index (κ3) is 0.926. The molecule has 1 N–H and O–H groups in total. The van der Waals surface area contributed by atoms with E-state index in [-0.39, 0.29) is 0 Å². The van der Waals surface area contributed by atoms with Crippen molar-refractivity contribution in [2.24, 2.45) is 0 Å². The fourth-order valence-electron chi connectivity index (χ4n) is 1.29. The Morgan fingerprint density at radius 1 is 1.60 bits per heavy atom. The van der Waals surface area contributed by atoms with E-state index in [9.17, 15) is 0 Å². The molecule has 0 saturated heterocycles. The van der Waals surface area contributed by atoms with Crippen LogP contribution in [0.4, 0.5) is 0 Å². The van der Waals surface area contributed by atoms with Crippen molar-refractivity contribution < 1.29 is 0 Å². The Morgan fingerprint density at radius 2 is 2.60 bits per heavy atom. The molecule has 0 unspecified atom stereocenters. The lowest BCUT2D eigenvalue weighted by molar-refractivity contribution is 0.641. The van der Waals surface area contributed by atoms with Crippen LogP contribution in [0.15, 0.2) is 12.5 Å². The maximum absolute atomic E-state index is 4.07. The van der Waals surface area contributed by atoms with Gasteiger partial charge >= 0.3 is 0 Å². The molecule has 1 aromatic rings. The standard InChI is InChI=1S/C7H11N3/c1-2-8-4-7-5-9-6-10(7)3-1/h5-6,8H,1-4H2. The molecule has 2 heterocycles. The minimum Gasteiger partial charge on any atom is -0.333 e. The normalized spacial score (nSPS) is 18.0. The zero-order valence-electron chi connectivity index (χ0n) is 5.88. The predicted molar refractivity (Wildman–Crippen MR) is 38.6 cm³/mol. The Kier molecular flexibility index (Phi) is 1.43. The number of aryl methyl sites for hydroxylation is 1. The molecule has 1 aliphatic rings. The Balaban J connectivity index is 2.28. The van der Waals surface area contributed by atoms with E-state index in [1.807, 2.05) is 12.5 Å². The average molecular weight is 137 g/mol. The number of nitrogens with zero attached hydrogens (tertiary/aromatic N) is 2. The van der Waals surface area contributed by atoms with Gasteiger partial charge in [0.05, 0.1) is 12.0 Å². The van der Waals surface area contributed by atoms with Gasteiger partial charge in [-0.3, -0.25) is 0 Å². The van der Waals surface area contributed by atoms with Gasteiger partial charge in [-0.15, -0.1) is 0 Å². The molecule has 2 rings (SSSR count). The van der Waals surface area contributed by atoms with Crippen LogP contribution in [0.2, 0.25) is 0 Å². The van der Waals surface area contributed by atoms with Crippen LogP contribution in [0, 0.1) is 0 Å². The highest BCUT2D eigenvalue weighted by molar-refractivity contribution is 4.98. The molecule has 0 amide bonds. The third-order valence-electron chi connectivity index (χ3n) is 1.86. The van der Waals surface area contributed by atoms with Crippen molar-refractivity contribution in [2.75, 3.05) is 6.54 Å². The fraction of sp³-hybridized carbons (Fsp3) is 0.571. The Bertz CT molecular complexity index is 196. The zero-order chi connectivity index (χ0) is 6.81. The fourth-order valence-corrected chi connectivity index (χ4v) is 1.29. The summed E-state index contributed by atoms with van der Waals surface area (Å²) in [6.07, 6.45) is 5.05. The van der Waals surface area contributed by atoms with Crippen LogP contribution in [0.25, 0.3) is 0 Å². The van der Waals surface area contributed by atoms with Crippen molar-refractivity contribution in [1.29, 1.82) is 0 Å². The molecule has 0 radical (unpaired) electrons. The summed E-state index contributed by atoms with van der Waals surface area (Å²) in [4.78, 5) is 4.07. The largest absolute Gasteiger partial charge is 0.333 e. The summed E-state index contributed by atoms with van der Waals surface area (Å²) in [6, 6.07) is 0. The molecular formula is C7H11N3. The van der Waals surface area contributed by atoms with Gasteiger partial charge in [-0.05, 0) is 13.0 Å². The maximum Gasteiger partial charge on any atom is 0.0948 e. The van der Waals surface area contributed by atoms with Gasteiger partial charge < -0.3 is 9.88 Å². The lowest BCUT2D eigenvalue weighted by Gasteiger charge is -1.98. The minimum absolute atomic E-state index is 0.972. The van der Waals surface area contributed by atoms with E-state index in [2.05, 4.69) is 14.9 Å². The van der Waals surface area contributed by atoms with Crippen LogP contribution in [0.1, 0.15) is 12.1 Å². The first-order valence-corrected chi connectivity index (χ1v) is 3.66. The Labute approximate surface area is 60.1 Å². The molecule has 0 aliphatic carbocycles. The highest BCUT2D eigenvalue weighted by Crippen LogP contribution is 2.03. The van der Waals surface area contributed by atoms with Gasteiger partial charge in [0.2, 0.25) is 0 Å². The molecule has 0 spiro atoms. The van der Waals surface area contributed by atoms with Crippen molar-refractivity contribution in [3.8, 4) is 0 Å². The molecular weight excluding hydrogens is 126 g/mol. The molecule has 0 bridgehead atoms. The summed E-state index contributed by atoms with van der Waals surface area (Å²) >= 11 is 0. The zero-order valence-corrected chi connectivity index (χ0v) is 5.88. The molecule has 54 valence electrons. The average Bonchev–Trinajstić information content (AvgIpc) is 2.28. The van der Waals surface area contributed by atoms with Crippen LogP contribution in [-0.2, 0) is 13.1 Å². The van der Waals surface area contributed by atoms with E-state index in [1.165, 1.54) is 12.1 Å². The predicted octanol–water partition coefficient (Wildman–Crippen LogP) is 0.376. The Morgan fingerprint density at radius 3 is 3.60 bits per heavy atom. The second-order valence-electron chi connectivity index (χ2n) is 2.61. The lowest BCUT2D eigenvalue weighted by Crippen LogP contribution is -2.11. The van der Waals surface area contributed by atoms with E-state index in [0.717, 1.165) is 19.6 Å². The smallest absolute Gasteiger partial charge is 0.0948 e. The molecule has 0 atom stereocenters. The SMILES string of the molecule is c1ncn2c1CNCCC2. The number of fused-ring (bicyclic) bond motifs is 1. The monoisotopic (exact) mass is 137 g/mol. The summed E-state index contributed by atoms with van der Waals surface area (Å²) in [7, 11) is 0. The van der Waals surface area contributed by atoms with Crippen LogP contribution < -0.4 is 5.32 Å². The molecule has 3 heteroatoms. The lowest BCUT2D eigenvalue weighted by atomic mass is 10.4. The number of hydrogen-bond donors (Lipinski definition) is 1. The molecule has 10 heavy (non-hydrogen) atoms. The van der Waals surface area contributed by atoms with E-state index in [1.54, 1.807) is 0 Å². The van der Waals surface area contributed by atoms with Crippen LogP contribution in [0.5, 0.6) is 0 Å². The molecule has 3 nitrogen and oxygen atoms in total. The van der Waals surface area contributed by atoms with Crippen molar-refractivity contribution in [3.63, 3.8) is 0 Å². The number of nitrogens with one attached hydrogen (secondary N) is 1. The van der Waals surface area contributed by atoms with E-state index in [4.69, 9.17) is 0 Å². The second kappa shape index (κ2) is 2.42. The first-order valence-electron chi connectivity index (χ1n) is 3.66. The van der Waals surface area contributed by atoms with Crippen molar-refractivity contribution in [2.45, 2.75) is 19.5 Å². The molecule has 1 aliphatic heterocycles. The summed E-state index contributed by atoms with van der Waals surface area (Å²) in [5, 5.41) is 3.33. The summed E-state index contributed by atoms with van der Waals surface area (Å²) in [5.41, 5.74) is 1.30. The van der Waals surface area contributed by atoms with Crippen molar-refractivity contribution in [3.05, 3.63) is 18.2 Å². The molecule has 0 aromatic carbocycles. The van der Waals surface area contributed by atoms with Gasteiger partial charge in [-0.25, -0.2) is 4.98 Å². The highest BCUT2D eigenvalue weighted by atomic mass is 15.1. The molecule has 0 saturated carbocycles. The first-order chi connectivity index (χ1) is 4.97. The summed E-state index contributed by atoms with van der Waals surface area (Å²) in [5.74, 6) is 0. The van der Waals surface area contributed by atoms with Gasteiger partial charge in [0.1, 0.15) is 0 Å². The topological polar surface area (TPSA) is 29.9 Å². The van der Waals surface area contributed by atoms with Crippen LogP contribution >= 0.6 is 0 Å². The quantitative estimate of drug-likeness (QED) is 0.560. The first kappa shape index (κ1) is 5.92.